The van der Waals surface area contributed by atoms with Crippen LogP contribution in [0.4, 0.5) is 26.3 Å². The second kappa shape index (κ2) is 14.2. The Morgan fingerprint density at radius 2 is 1.02 bits per heavy atom. The standard InChI is InChI=1S/C35H36F6O4/c1-3-43-26-16-13-23(29(36)32(26)39)21-9-5-19(6-10-21)20-7-11-22(12-8-20)35(42)45-28-18-15-25(31(38)34(28)41)24-14-17-27(44-4-2)33(40)30(24)37/h13-22H,3-12H2,1-2H3. The molecule has 45 heavy (non-hydrogen) atoms. The zero-order valence-electron chi connectivity index (χ0n) is 25.2. The van der Waals surface area contributed by atoms with E-state index >= 15 is 0 Å². The van der Waals surface area contributed by atoms with Crippen molar-refractivity contribution in [2.45, 2.75) is 71.1 Å². The molecular formula is C35H36F6O4. The molecule has 0 spiro atoms. The molecule has 0 radical (unpaired) electrons. The first-order chi connectivity index (χ1) is 21.6. The number of carbonyl (C=O) groups excluding carboxylic acids is 1. The van der Waals surface area contributed by atoms with Crippen LogP contribution in [-0.4, -0.2) is 19.2 Å². The molecule has 0 amide bonds. The number of esters is 1. The third-order valence-corrected chi connectivity index (χ3v) is 9.25. The molecule has 2 fully saturated rings. The van der Waals surface area contributed by atoms with Crippen molar-refractivity contribution in [1.29, 1.82) is 0 Å². The Morgan fingerprint density at radius 3 is 1.56 bits per heavy atom. The second-order valence-corrected chi connectivity index (χ2v) is 11.8. The van der Waals surface area contributed by atoms with Gasteiger partial charge >= 0.3 is 5.97 Å². The summed E-state index contributed by atoms with van der Waals surface area (Å²) >= 11 is 0. The van der Waals surface area contributed by atoms with Gasteiger partial charge < -0.3 is 14.2 Å². The number of ether oxygens (including phenoxy) is 3. The zero-order valence-corrected chi connectivity index (χ0v) is 25.2. The van der Waals surface area contributed by atoms with Crippen LogP contribution in [0, 0.1) is 52.7 Å². The lowest BCUT2D eigenvalue weighted by Crippen LogP contribution is -2.30. The van der Waals surface area contributed by atoms with Gasteiger partial charge in [0.25, 0.3) is 0 Å². The molecule has 2 aliphatic rings. The molecule has 0 unspecified atom stereocenters. The normalized spacial score (nSPS) is 21.8. The molecule has 0 aromatic heterocycles. The summed E-state index contributed by atoms with van der Waals surface area (Å²) in [6.45, 7) is 3.65. The van der Waals surface area contributed by atoms with Crippen LogP contribution in [-0.2, 0) is 4.79 Å². The highest BCUT2D eigenvalue weighted by molar-refractivity contribution is 5.76. The molecule has 10 heteroatoms. The summed E-state index contributed by atoms with van der Waals surface area (Å²) in [5.74, 6) is -8.91. The van der Waals surface area contributed by atoms with Gasteiger partial charge in [0.1, 0.15) is 0 Å². The summed E-state index contributed by atoms with van der Waals surface area (Å²) in [7, 11) is 0. The van der Waals surface area contributed by atoms with Gasteiger partial charge in [0, 0.05) is 11.1 Å². The van der Waals surface area contributed by atoms with E-state index in [2.05, 4.69) is 0 Å². The highest BCUT2D eigenvalue weighted by atomic mass is 19.2. The van der Waals surface area contributed by atoms with Crippen molar-refractivity contribution in [3.8, 4) is 28.4 Å². The first kappa shape index (κ1) is 32.7. The van der Waals surface area contributed by atoms with Gasteiger partial charge in [-0.05, 0) is 119 Å². The van der Waals surface area contributed by atoms with Crippen LogP contribution in [0.15, 0.2) is 36.4 Å². The molecular weight excluding hydrogens is 598 g/mol. The predicted molar refractivity (Wildman–Crippen MR) is 156 cm³/mol. The van der Waals surface area contributed by atoms with Gasteiger partial charge in [0.05, 0.1) is 19.1 Å². The first-order valence-electron chi connectivity index (χ1n) is 15.6. The Hall–Kier alpha value is -3.69. The Bertz CT molecular complexity index is 1530. The fraction of sp³-hybridized carbons (Fsp3) is 0.457. The van der Waals surface area contributed by atoms with Gasteiger partial charge in [-0.15, -0.1) is 0 Å². The number of hydrogen-bond acceptors (Lipinski definition) is 4. The van der Waals surface area contributed by atoms with Gasteiger partial charge in [0.15, 0.2) is 34.7 Å². The van der Waals surface area contributed by atoms with E-state index in [9.17, 15) is 31.1 Å². The minimum absolute atomic E-state index is 0.0654. The maximum atomic E-state index is 15.0. The summed E-state index contributed by atoms with van der Waals surface area (Å²) in [6, 6.07) is 7.40. The molecule has 2 saturated carbocycles. The van der Waals surface area contributed by atoms with E-state index in [1.807, 2.05) is 0 Å². The third kappa shape index (κ3) is 6.79. The molecule has 5 rings (SSSR count). The van der Waals surface area contributed by atoms with Crippen molar-refractivity contribution in [2.75, 3.05) is 13.2 Å². The molecule has 0 atom stereocenters. The number of carbonyl (C=O) groups is 1. The topological polar surface area (TPSA) is 44.8 Å². The number of hydrogen-bond donors (Lipinski definition) is 0. The van der Waals surface area contributed by atoms with E-state index in [-0.39, 0.29) is 30.6 Å². The lowest BCUT2D eigenvalue weighted by atomic mass is 9.68. The van der Waals surface area contributed by atoms with E-state index in [1.54, 1.807) is 19.9 Å². The van der Waals surface area contributed by atoms with Crippen molar-refractivity contribution in [1.82, 2.24) is 0 Å². The Labute approximate surface area is 258 Å². The zero-order chi connectivity index (χ0) is 32.2. The second-order valence-electron chi connectivity index (χ2n) is 11.8. The minimum atomic E-state index is -1.47. The molecule has 0 saturated heterocycles. The van der Waals surface area contributed by atoms with E-state index in [4.69, 9.17) is 14.2 Å². The van der Waals surface area contributed by atoms with E-state index in [0.29, 0.717) is 30.2 Å². The van der Waals surface area contributed by atoms with E-state index < -0.39 is 63.7 Å². The molecule has 0 bridgehead atoms. The van der Waals surface area contributed by atoms with Gasteiger partial charge in [-0.2, -0.15) is 13.2 Å². The molecule has 242 valence electrons. The average molecular weight is 635 g/mol. The maximum absolute atomic E-state index is 15.0. The maximum Gasteiger partial charge on any atom is 0.314 e. The van der Waals surface area contributed by atoms with Crippen molar-refractivity contribution >= 4 is 5.97 Å². The number of benzene rings is 3. The Morgan fingerprint density at radius 1 is 0.578 bits per heavy atom. The predicted octanol–water partition coefficient (Wildman–Crippen LogP) is 9.67. The van der Waals surface area contributed by atoms with Gasteiger partial charge in [-0.1, -0.05) is 6.07 Å². The van der Waals surface area contributed by atoms with Crippen molar-refractivity contribution in [3.63, 3.8) is 0 Å². The van der Waals surface area contributed by atoms with Gasteiger partial charge in [-0.3, -0.25) is 4.79 Å². The van der Waals surface area contributed by atoms with Crippen LogP contribution >= 0.6 is 0 Å². The summed E-state index contributed by atoms with van der Waals surface area (Å²) < 4.78 is 103. The van der Waals surface area contributed by atoms with E-state index in [0.717, 1.165) is 62.8 Å². The van der Waals surface area contributed by atoms with Crippen molar-refractivity contribution in [2.24, 2.45) is 17.8 Å². The summed E-state index contributed by atoms with van der Waals surface area (Å²) in [5.41, 5.74) is -0.624. The van der Waals surface area contributed by atoms with Crippen molar-refractivity contribution in [3.05, 3.63) is 76.9 Å². The fourth-order valence-electron chi connectivity index (χ4n) is 6.87. The largest absolute Gasteiger partial charge is 0.491 e. The molecule has 0 aliphatic heterocycles. The molecule has 0 heterocycles. The number of halogens is 6. The van der Waals surface area contributed by atoms with E-state index in [1.165, 1.54) is 6.07 Å². The fourth-order valence-corrected chi connectivity index (χ4v) is 6.87. The Kier molecular flexibility index (Phi) is 10.3. The lowest BCUT2D eigenvalue weighted by Gasteiger charge is -2.37. The quantitative estimate of drug-likeness (QED) is 0.134. The first-order valence-corrected chi connectivity index (χ1v) is 15.6. The van der Waals surface area contributed by atoms with Crippen LogP contribution in [0.3, 0.4) is 0 Å². The van der Waals surface area contributed by atoms with Crippen LogP contribution in [0.2, 0.25) is 0 Å². The van der Waals surface area contributed by atoms with Crippen LogP contribution in [0.1, 0.15) is 76.7 Å². The minimum Gasteiger partial charge on any atom is -0.491 e. The van der Waals surface area contributed by atoms with Gasteiger partial charge in [-0.25, -0.2) is 13.2 Å². The van der Waals surface area contributed by atoms with Gasteiger partial charge in [0.2, 0.25) is 17.5 Å². The molecule has 0 N–H and O–H groups in total. The van der Waals surface area contributed by atoms with Crippen LogP contribution in [0.5, 0.6) is 17.2 Å². The molecule has 3 aromatic carbocycles. The van der Waals surface area contributed by atoms with Crippen molar-refractivity contribution < 1.29 is 45.3 Å². The Balaban J connectivity index is 1.15. The summed E-state index contributed by atoms with van der Waals surface area (Å²) in [6.07, 6.45) is 5.81. The lowest BCUT2D eigenvalue weighted by molar-refractivity contribution is -0.140. The number of rotatable bonds is 9. The monoisotopic (exact) mass is 634 g/mol. The molecule has 2 aliphatic carbocycles. The molecule has 4 nitrogen and oxygen atoms in total. The summed E-state index contributed by atoms with van der Waals surface area (Å²) in [4.78, 5) is 12.9. The molecule has 3 aromatic rings. The van der Waals surface area contributed by atoms with Crippen LogP contribution in [0.25, 0.3) is 11.1 Å². The summed E-state index contributed by atoms with van der Waals surface area (Å²) in [5, 5.41) is 0. The van der Waals surface area contributed by atoms with Crippen LogP contribution < -0.4 is 14.2 Å². The highest BCUT2D eigenvalue weighted by Crippen LogP contribution is 2.45. The SMILES string of the molecule is CCOc1ccc(-c2ccc(OC(=O)C3CCC(C4CCC(c5ccc(OCC)c(F)c5F)CC4)CC3)c(F)c2F)c(F)c1F. The average Bonchev–Trinajstić information content (AvgIpc) is 3.05. The smallest absolute Gasteiger partial charge is 0.314 e. The third-order valence-electron chi connectivity index (χ3n) is 9.25. The highest BCUT2D eigenvalue weighted by Gasteiger charge is 2.35.